The highest BCUT2D eigenvalue weighted by Gasteiger charge is 2.08. The zero-order valence-electron chi connectivity index (χ0n) is 11.5. The van der Waals surface area contributed by atoms with Crippen LogP contribution in [0.4, 0.5) is 10.1 Å². The summed E-state index contributed by atoms with van der Waals surface area (Å²) in [5.41, 5.74) is 1.80. The van der Waals surface area contributed by atoms with E-state index in [0.29, 0.717) is 6.61 Å². The smallest absolute Gasteiger partial charge is 0.142 e. The van der Waals surface area contributed by atoms with E-state index in [4.69, 9.17) is 16.3 Å². The standard InChI is InChI=1S/C16H17ClFNO/c1-3-20-14-7-5-13(6-8-14)19-11(2)12-4-9-15(17)16(18)10-12/h4-11,19H,3H2,1-2H3. The molecule has 0 aliphatic heterocycles. The van der Waals surface area contributed by atoms with Gasteiger partial charge in [0.2, 0.25) is 0 Å². The fraction of sp³-hybridized carbons (Fsp3) is 0.250. The number of rotatable bonds is 5. The van der Waals surface area contributed by atoms with E-state index in [1.165, 1.54) is 6.07 Å². The summed E-state index contributed by atoms with van der Waals surface area (Å²) in [5.74, 6) is 0.438. The van der Waals surface area contributed by atoms with Crippen LogP contribution in [0.5, 0.6) is 5.75 Å². The summed E-state index contributed by atoms with van der Waals surface area (Å²) in [7, 11) is 0. The minimum Gasteiger partial charge on any atom is -0.494 e. The van der Waals surface area contributed by atoms with Crippen LogP contribution in [0.15, 0.2) is 42.5 Å². The first-order valence-corrected chi connectivity index (χ1v) is 6.92. The van der Waals surface area contributed by atoms with Gasteiger partial charge in [-0.25, -0.2) is 4.39 Å². The largest absolute Gasteiger partial charge is 0.494 e. The van der Waals surface area contributed by atoms with Gasteiger partial charge in [-0.2, -0.15) is 0 Å². The summed E-state index contributed by atoms with van der Waals surface area (Å²) in [6, 6.07) is 12.5. The molecular weight excluding hydrogens is 277 g/mol. The van der Waals surface area contributed by atoms with Gasteiger partial charge in [-0.05, 0) is 55.8 Å². The third kappa shape index (κ3) is 3.64. The maximum Gasteiger partial charge on any atom is 0.142 e. The topological polar surface area (TPSA) is 21.3 Å². The van der Waals surface area contributed by atoms with Crippen molar-refractivity contribution in [1.82, 2.24) is 0 Å². The van der Waals surface area contributed by atoms with Crippen molar-refractivity contribution in [2.45, 2.75) is 19.9 Å². The summed E-state index contributed by atoms with van der Waals surface area (Å²) < 4.78 is 18.8. The Morgan fingerprint density at radius 3 is 2.50 bits per heavy atom. The van der Waals surface area contributed by atoms with Crippen molar-refractivity contribution in [3.05, 3.63) is 58.9 Å². The van der Waals surface area contributed by atoms with Crippen molar-refractivity contribution >= 4 is 17.3 Å². The second-order valence-corrected chi connectivity index (χ2v) is 4.90. The number of anilines is 1. The fourth-order valence-corrected chi connectivity index (χ4v) is 2.05. The van der Waals surface area contributed by atoms with Crippen LogP contribution in [-0.4, -0.2) is 6.61 Å². The molecule has 0 aliphatic rings. The first-order valence-electron chi connectivity index (χ1n) is 6.54. The first-order chi connectivity index (χ1) is 9.60. The molecule has 2 rings (SSSR count). The number of benzene rings is 2. The van der Waals surface area contributed by atoms with Crippen LogP contribution in [0.25, 0.3) is 0 Å². The Morgan fingerprint density at radius 2 is 1.90 bits per heavy atom. The third-order valence-corrected chi connectivity index (χ3v) is 3.30. The Morgan fingerprint density at radius 1 is 1.20 bits per heavy atom. The van der Waals surface area contributed by atoms with Crippen molar-refractivity contribution in [2.24, 2.45) is 0 Å². The molecule has 0 saturated heterocycles. The summed E-state index contributed by atoms with van der Waals surface area (Å²) in [6.45, 7) is 4.57. The van der Waals surface area contributed by atoms with Gasteiger partial charge in [-0.3, -0.25) is 0 Å². The Bertz CT molecular complexity index is 571. The molecular formula is C16H17ClFNO. The van der Waals surface area contributed by atoms with Crippen LogP contribution in [0.1, 0.15) is 25.5 Å². The van der Waals surface area contributed by atoms with Crippen molar-refractivity contribution in [3.8, 4) is 5.75 Å². The van der Waals surface area contributed by atoms with Gasteiger partial charge in [-0.15, -0.1) is 0 Å². The lowest BCUT2D eigenvalue weighted by molar-refractivity contribution is 0.340. The van der Waals surface area contributed by atoms with E-state index in [1.54, 1.807) is 6.07 Å². The zero-order valence-corrected chi connectivity index (χ0v) is 12.2. The molecule has 0 amide bonds. The average Bonchev–Trinajstić information content (AvgIpc) is 2.44. The van der Waals surface area contributed by atoms with Crippen LogP contribution < -0.4 is 10.1 Å². The summed E-state index contributed by atoms with van der Waals surface area (Å²) in [5, 5.41) is 3.45. The summed E-state index contributed by atoms with van der Waals surface area (Å²) in [6.07, 6.45) is 0. The van der Waals surface area contributed by atoms with Gasteiger partial charge in [-0.1, -0.05) is 17.7 Å². The molecule has 0 heterocycles. The van der Waals surface area contributed by atoms with Gasteiger partial charge in [0.05, 0.1) is 11.6 Å². The van der Waals surface area contributed by atoms with Crippen molar-refractivity contribution in [2.75, 3.05) is 11.9 Å². The summed E-state index contributed by atoms with van der Waals surface area (Å²) >= 11 is 5.68. The predicted octanol–water partition coefficient (Wildman–Crippen LogP) is 5.05. The molecule has 0 fully saturated rings. The highest BCUT2D eigenvalue weighted by Crippen LogP contribution is 2.24. The van der Waals surface area contributed by atoms with E-state index in [1.807, 2.05) is 44.2 Å². The zero-order chi connectivity index (χ0) is 14.5. The van der Waals surface area contributed by atoms with E-state index in [0.717, 1.165) is 17.0 Å². The van der Waals surface area contributed by atoms with Gasteiger partial charge in [0.1, 0.15) is 11.6 Å². The lowest BCUT2D eigenvalue weighted by Crippen LogP contribution is -2.06. The van der Waals surface area contributed by atoms with E-state index in [2.05, 4.69) is 5.32 Å². The SMILES string of the molecule is CCOc1ccc(NC(C)c2ccc(Cl)c(F)c2)cc1. The van der Waals surface area contributed by atoms with E-state index < -0.39 is 5.82 Å². The minimum absolute atomic E-state index is 0.0142. The van der Waals surface area contributed by atoms with Gasteiger partial charge in [0.15, 0.2) is 0 Å². The molecule has 2 aromatic carbocycles. The molecule has 0 radical (unpaired) electrons. The average molecular weight is 294 g/mol. The monoisotopic (exact) mass is 293 g/mol. The molecule has 1 atom stereocenters. The fourth-order valence-electron chi connectivity index (χ4n) is 1.93. The Balaban J connectivity index is 2.06. The second-order valence-electron chi connectivity index (χ2n) is 4.50. The summed E-state index contributed by atoms with van der Waals surface area (Å²) in [4.78, 5) is 0. The Labute approximate surface area is 123 Å². The quantitative estimate of drug-likeness (QED) is 0.833. The van der Waals surface area contributed by atoms with Crippen LogP contribution in [0.3, 0.4) is 0 Å². The number of halogens is 2. The van der Waals surface area contributed by atoms with Crippen LogP contribution in [0.2, 0.25) is 5.02 Å². The molecule has 0 bridgehead atoms. The van der Waals surface area contributed by atoms with Crippen molar-refractivity contribution < 1.29 is 9.13 Å². The number of hydrogen-bond acceptors (Lipinski definition) is 2. The maximum absolute atomic E-state index is 13.4. The Kier molecular flexibility index (Phi) is 4.85. The lowest BCUT2D eigenvalue weighted by atomic mass is 10.1. The van der Waals surface area contributed by atoms with Crippen LogP contribution >= 0.6 is 11.6 Å². The normalized spacial score (nSPS) is 12.0. The number of hydrogen-bond donors (Lipinski definition) is 1. The van der Waals surface area contributed by atoms with Gasteiger partial charge in [0.25, 0.3) is 0 Å². The lowest BCUT2D eigenvalue weighted by Gasteiger charge is -2.16. The highest BCUT2D eigenvalue weighted by molar-refractivity contribution is 6.30. The first kappa shape index (κ1) is 14.7. The van der Waals surface area contributed by atoms with Crippen LogP contribution in [-0.2, 0) is 0 Å². The van der Waals surface area contributed by atoms with Crippen LogP contribution in [0, 0.1) is 5.82 Å². The molecule has 20 heavy (non-hydrogen) atoms. The molecule has 0 spiro atoms. The molecule has 0 aromatic heterocycles. The van der Waals surface area contributed by atoms with Crippen molar-refractivity contribution in [3.63, 3.8) is 0 Å². The molecule has 4 heteroatoms. The van der Waals surface area contributed by atoms with E-state index in [9.17, 15) is 4.39 Å². The Hall–Kier alpha value is -1.74. The molecule has 106 valence electrons. The molecule has 1 N–H and O–H groups in total. The molecule has 0 aliphatic carbocycles. The van der Waals surface area contributed by atoms with Gasteiger partial charge in [0, 0.05) is 11.7 Å². The number of ether oxygens (including phenoxy) is 1. The number of nitrogens with one attached hydrogen (secondary N) is 1. The second kappa shape index (κ2) is 6.62. The van der Waals surface area contributed by atoms with E-state index >= 15 is 0 Å². The highest BCUT2D eigenvalue weighted by atomic mass is 35.5. The van der Waals surface area contributed by atoms with Gasteiger partial charge < -0.3 is 10.1 Å². The van der Waals surface area contributed by atoms with Crippen molar-refractivity contribution in [1.29, 1.82) is 0 Å². The van der Waals surface area contributed by atoms with Gasteiger partial charge >= 0.3 is 0 Å². The molecule has 2 aromatic rings. The predicted molar refractivity (Wildman–Crippen MR) is 81.1 cm³/mol. The maximum atomic E-state index is 13.4. The molecule has 1 unspecified atom stereocenters. The molecule has 2 nitrogen and oxygen atoms in total. The van der Waals surface area contributed by atoms with E-state index in [-0.39, 0.29) is 11.1 Å². The molecule has 0 saturated carbocycles. The minimum atomic E-state index is -0.399. The third-order valence-electron chi connectivity index (χ3n) is 2.99.